The van der Waals surface area contributed by atoms with Crippen LogP contribution in [0.3, 0.4) is 0 Å². The molecule has 1 fully saturated rings. The van der Waals surface area contributed by atoms with Gasteiger partial charge < -0.3 is 5.32 Å². The van der Waals surface area contributed by atoms with Crippen molar-refractivity contribution in [2.24, 2.45) is 11.8 Å². The van der Waals surface area contributed by atoms with Crippen molar-refractivity contribution in [3.8, 4) is 0 Å². The number of hydrogen-bond donors (Lipinski definition) is 1. The van der Waals surface area contributed by atoms with Gasteiger partial charge in [-0.1, -0.05) is 45.8 Å². The molecule has 1 heterocycles. The summed E-state index contributed by atoms with van der Waals surface area (Å²) in [5.74, 6) is 1.53. The quantitative estimate of drug-likeness (QED) is 0.737. The fraction of sp³-hybridized carbons (Fsp3) is 0.895. The van der Waals surface area contributed by atoms with Crippen LogP contribution in [0.5, 0.6) is 0 Å². The number of nitrogens with zero attached hydrogens (tertiary/aromatic N) is 1. The van der Waals surface area contributed by atoms with Gasteiger partial charge in [-0.2, -0.15) is 0 Å². The molecule has 2 aliphatic rings. The Balaban J connectivity index is 1.92. The van der Waals surface area contributed by atoms with Crippen molar-refractivity contribution in [1.82, 2.24) is 10.2 Å². The molecule has 0 saturated carbocycles. The highest BCUT2D eigenvalue weighted by atomic mass is 15.2. The molecule has 2 heteroatoms. The SMILES string of the molecule is CCC(C)C1CN(CCC2=CCCCC2)C(C(C)C)CN1. The van der Waals surface area contributed by atoms with Crippen molar-refractivity contribution in [1.29, 1.82) is 0 Å². The van der Waals surface area contributed by atoms with E-state index in [-0.39, 0.29) is 0 Å². The van der Waals surface area contributed by atoms with Gasteiger partial charge in [-0.25, -0.2) is 0 Å². The van der Waals surface area contributed by atoms with Gasteiger partial charge >= 0.3 is 0 Å². The Morgan fingerprint density at radius 2 is 2.10 bits per heavy atom. The molecule has 0 spiro atoms. The average Bonchev–Trinajstić information content (AvgIpc) is 2.52. The molecule has 0 radical (unpaired) electrons. The maximum atomic E-state index is 3.81. The van der Waals surface area contributed by atoms with Crippen molar-refractivity contribution < 1.29 is 0 Å². The minimum absolute atomic E-state index is 0.685. The Bertz CT molecular complexity index is 334. The van der Waals surface area contributed by atoms with E-state index in [0.29, 0.717) is 6.04 Å². The highest BCUT2D eigenvalue weighted by Gasteiger charge is 2.31. The molecule has 1 saturated heterocycles. The van der Waals surface area contributed by atoms with E-state index in [1.165, 1.54) is 58.2 Å². The van der Waals surface area contributed by atoms with Gasteiger partial charge in [-0.05, 0) is 43.9 Å². The first-order chi connectivity index (χ1) is 10.1. The van der Waals surface area contributed by atoms with E-state index in [1.54, 1.807) is 5.57 Å². The minimum atomic E-state index is 0.685. The molecule has 21 heavy (non-hydrogen) atoms. The van der Waals surface area contributed by atoms with E-state index < -0.39 is 0 Å². The maximum absolute atomic E-state index is 3.81. The van der Waals surface area contributed by atoms with Crippen LogP contribution in [0.2, 0.25) is 0 Å². The molecule has 2 rings (SSSR count). The summed E-state index contributed by atoms with van der Waals surface area (Å²) in [6.45, 7) is 13.2. The van der Waals surface area contributed by atoms with Crippen LogP contribution in [-0.4, -0.2) is 36.6 Å². The summed E-state index contributed by atoms with van der Waals surface area (Å²) in [4.78, 5) is 2.79. The molecule has 0 bridgehead atoms. The van der Waals surface area contributed by atoms with Gasteiger partial charge in [-0.3, -0.25) is 4.90 Å². The summed E-state index contributed by atoms with van der Waals surface area (Å²) in [6.07, 6.45) is 10.6. The van der Waals surface area contributed by atoms with Gasteiger partial charge in [0.1, 0.15) is 0 Å². The molecule has 0 aromatic heterocycles. The summed E-state index contributed by atoms with van der Waals surface area (Å²) in [5, 5.41) is 3.81. The zero-order chi connectivity index (χ0) is 15.2. The molecule has 2 nitrogen and oxygen atoms in total. The van der Waals surface area contributed by atoms with Gasteiger partial charge in [-0.15, -0.1) is 0 Å². The standard InChI is InChI=1S/C19H36N2/c1-5-16(4)18-14-21(19(13-20-18)15(2)3)12-11-17-9-7-6-8-10-17/h9,15-16,18-20H,5-8,10-14H2,1-4H3. The van der Waals surface area contributed by atoms with E-state index >= 15 is 0 Å². The van der Waals surface area contributed by atoms with Crippen molar-refractivity contribution in [2.75, 3.05) is 19.6 Å². The molecule has 0 aromatic carbocycles. The number of nitrogens with one attached hydrogen (secondary N) is 1. The third-order valence-electron chi connectivity index (χ3n) is 5.69. The van der Waals surface area contributed by atoms with E-state index in [4.69, 9.17) is 0 Å². The second kappa shape index (κ2) is 8.33. The second-order valence-corrected chi connectivity index (χ2v) is 7.56. The largest absolute Gasteiger partial charge is 0.311 e. The van der Waals surface area contributed by atoms with Crippen LogP contribution in [0.25, 0.3) is 0 Å². The molecular formula is C19H36N2. The molecular weight excluding hydrogens is 256 g/mol. The van der Waals surface area contributed by atoms with Gasteiger partial charge in [0.05, 0.1) is 0 Å². The smallest absolute Gasteiger partial charge is 0.0244 e. The Labute approximate surface area is 132 Å². The van der Waals surface area contributed by atoms with Crippen LogP contribution < -0.4 is 5.32 Å². The predicted octanol–water partition coefficient (Wildman–Crippen LogP) is 4.22. The van der Waals surface area contributed by atoms with Gasteiger partial charge in [0.2, 0.25) is 0 Å². The second-order valence-electron chi connectivity index (χ2n) is 7.56. The van der Waals surface area contributed by atoms with E-state index in [1.807, 2.05) is 0 Å². The highest BCUT2D eigenvalue weighted by molar-refractivity contribution is 5.05. The van der Waals surface area contributed by atoms with Crippen LogP contribution in [0.1, 0.15) is 66.2 Å². The summed E-state index contributed by atoms with van der Waals surface area (Å²) >= 11 is 0. The lowest BCUT2D eigenvalue weighted by molar-refractivity contribution is 0.0828. The van der Waals surface area contributed by atoms with Crippen molar-refractivity contribution >= 4 is 0 Å². The number of rotatable bonds is 6. The Hall–Kier alpha value is -0.340. The van der Waals surface area contributed by atoms with Gasteiger partial charge in [0, 0.05) is 31.7 Å². The first-order valence-corrected chi connectivity index (χ1v) is 9.27. The first kappa shape index (κ1) is 17.0. The Morgan fingerprint density at radius 3 is 2.71 bits per heavy atom. The number of piperazine rings is 1. The van der Waals surface area contributed by atoms with Crippen LogP contribution in [-0.2, 0) is 0 Å². The lowest BCUT2D eigenvalue weighted by atomic mass is 9.91. The first-order valence-electron chi connectivity index (χ1n) is 9.27. The zero-order valence-electron chi connectivity index (χ0n) is 14.7. The summed E-state index contributed by atoms with van der Waals surface area (Å²) < 4.78 is 0. The monoisotopic (exact) mass is 292 g/mol. The lowest BCUT2D eigenvalue weighted by Gasteiger charge is -2.44. The van der Waals surface area contributed by atoms with Crippen molar-refractivity contribution in [3.05, 3.63) is 11.6 Å². The van der Waals surface area contributed by atoms with Crippen LogP contribution in [0.15, 0.2) is 11.6 Å². The third-order valence-corrected chi connectivity index (χ3v) is 5.69. The van der Waals surface area contributed by atoms with Gasteiger partial charge in [0.15, 0.2) is 0 Å². The summed E-state index contributed by atoms with van der Waals surface area (Å²) in [7, 11) is 0. The van der Waals surface area contributed by atoms with E-state index in [2.05, 4.69) is 44.0 Å². The van der Waals surface area contributed by atoms with E-state index in [9.17, 15) is 0 Å². The van der Waals surface area contributed by atoms with Crippen LogP contribution in [0.4, 0.5) is 0 Å². The predicted molar refractivity (Wildman–Crippen MR) is 92.6 cm³/mol. The van der Waals surface area contributed by atoms with Crippen molar-refractivity contribution in [2.45, 2.75) is 78.3 Å². The molecule has 1 N–H and O–H groups in total. The Kier molecular flexibility index (Phi) is 6.75. The fourth-order valence-corrected chi connectivity index (χ4v) is 3.85. The third kappa shape index (κ3) is 4.82. The number of allylic oxidation sites excluding steroid dienone is 1. The average molecular weight is 293 g/mol. The fourth-order valence-electron chi connectivity index (χ4n) is 3.85. The summed E-state index contributed by atoms with van der Waals surface area (Å²) in [6, 6.07) is 1.40. The normalized spacial score (nSPS) is 29.5. The highest BCUT2D eigenvalue weighted by Crippen LogP contribution is 2.24. The molecule has 0 amide bonds. The maximum Gasteiger partial charge on any atom is 0.0244 e. The van der Waals surface area contributed by atoms with E-state index in [0.717, 1.165) is 17.9 Å². The Morgan fingerprint density at radius 1 is 1.29 bits per heavy atom. The molecule has 0 aromatic rings. The molecule has 3 atom stereocenters. The topological polar surface area (TPSA) is 15.3 Å². The lowest BCUT2D eigenvalue weighted by Crippen LogP contribution is -2.60. The molecule has 1 aliphatic carbocycles. The molecule has 1 aliphatic heterocycles. The molecule has 122 valence electrons. The van der Waals surface area contributed by atoms with Gasteiger partial charge in [0.25, 0.3) is 0 Å². The summed E-state index contributed by atoms with van der Waals surface area (Å²) in [5.41, 5.74) is 1.72. The van der Waals surface area contributed by atoms with Crippen LogP contribution >= 0.6 is 0 Å². The van der Waals surface area contributed by atoms with Crippen molar-refractivity contribution in [3.63, 3.8) is 0 Å². The number of hydrogen-bond acceptors (Lipinski definition) is 2. The molecule has 3 unspecified atom stereocenters. The minimum Gasteiger partial charge on any atom is -0.311 e. The zero-order valence-corrected chi connectivity index (χ0v) is 14.7. The van der Waals surface area contributed by atoms with Crippen LogP contribution in [0, 0.1) is 11.8 Å².